The molecular weight excluding hydrogens is 366 g/mol. The molecule has 27 heavy (non-hydrogen) atoms. The van der Waals surface area contributed by atoms with Crippen molar-refractivity contribution in [2.75, 3.05) is 26.7 Å². The van der Waals surface area contributed by atoms with Crippen LogP contribution in [0.3, 0.4) is 0 Å². The number of amides is 1. The molecule has 0 aliphatic carbocycles. The van der Waals surface area contributed by atoms with Gasteiger partial charge in [-0.2, -0.15) is 5.10 Å². The average molecular weight is 392 g/mol. The van der Waals surface area contributed by atoms with E-state index in [1.54, 1.807) is 31.6 Å². The summed E-state index contributed by atoms with van der Waals surface area (Å²) in [6, 6.07) is 5.08. The number of carbonyl (C=O) groups is 1. The smallest absolute Gasteiger partial charge is 0.251 e. The molecular formula is C19H26ClN5O2. The van der Waals surface area contributed by atoms with Gasteiger partial charge in [0.05, 0.1) is 18.7 Å². The highest BCUT2D eigenvalue weighted by molar-refractivity contribution is 6.32. The van der Waals surface area contributed by atoms with E-state index in [9.17, 15) is 4.79 Å². The minimum Gasteiger partial charge on any atom is -0.495 e. The maximum Gasteiger partial charge on any atom is 0.251 e. The van der Waals surface area contributed by atoms with Crippen molar-refractivity contribution in [2.45, 2.75) is 32.9 Å². The predicted molar refractivity (Wildman–Crippen MR) is 104 cm³/mol. The van der Waals surface area contributed by atoms with Crippen LogP contribution in [-0.2, 0) is 13.1 Å². The van der Waals surface area contributed by atoms with Crippen LogP contribution < -0.4 is 10.1 Å². The molecule has 2 heterocycles. The number of piperidine rings is 1. The Bertz CT molecular complexity index is 779. The third kappa shape index (κ3) is 4.99. The molecule has 1 atom stereocenters. The average Bonchev–Trinajstić information content (AvgIpc) is 3.13. The molecule has 7 nitrogen and oxygen atoms in total. The first-order valence-corrected chi connectivity index (χ1v) is 9.69. The van der Waals surface area contributed by atoms with Crippen molar-refractivity contribution in [3.05, 3.63) is 40.9 Å². The monoisotopic (exact) mass is 391 g/mol. The number of methoxy groups -OCH3 is 1. The second kappa shape index (κ2) is 9.19. The predicted octanol–water partition coefficient (Wildman–Crippen LogP) is 2.60. The molecule has 2 aromatic rings. The fraction of sp³-hybridized carbons (Fsp3) is 0.526. The van der Waals surface area contributed by atoms with Gasteiger partial charge >= 0.3 is 0 Å². The number of hydrogen-bond acceptors (Lipinski definition) is 5. The van der Waals surface area contributed by atoms with Crippen LogP contribution in [0.4, 0.5) is 0 Å². The van der Waals surface area contributed by atoms with E-state index in [0.29, 0.717) is 28.8 Å². The topological polar surface area (TPSA) is 72.3 Å². The molecule has 146 valence electrons. The fourth-order valence-corrected chi connectivity index (χ4v) is 3.74. The van der Waals surface area contributed by atoms with Gasteiger partial charge in [-0.1, -0.05) is 11.6 Å². The molecule has 1 aromatic heterocycles. The SMILES string of the molecule is CCn1ncnc1CN1CCCC(CNC(=O)c2ccc(OC)c(Cl)c2)C1. The van der Waals surface area contributed by atoms with Crippen molar-refractivity contribution in [1.29, 1.82) is 0 Å². The maximum absolute atomic E-state index is 12.4. The van der Waals surface area contributed by atoms with Crippen molar-refractivity contribution in [1.82, 2.24) is 25.0 Å². The van der Waals surface area contributed by atoms with Crippen LogP contribution in [-0.4, -0.2) is 52.3 Å². The van der Waals surface area contributed by atoms with Gasteiger partial charge in [0, 0.05) is 25.2 Å². The lowest BCUT2D eigenvalue weighted by Crippen LogP contribution is -2.41. The van der Waals surface area contributed by atoms with Crippen LogP contribution in [0.5, 0.6) is 5.75 Å². The van der Waals surface area contributed by atoms with E-state index >= 15 is 0 Å². The van der Waals surface area contributed by atoms with Gasteiger partial charge in [0.25, 0.3) is 5.91 Å². The van der Waals surface area contributed by atoms with Crippen molar-refractivity contribution >= 4 is 17.5 Å². The summed E-state index contributed by atoms with van der Waals surface area (Å²) in [5.41, 5.74) is 0.546. The lowest BCUT2D eigenvalue weighted by Gasteiger charge is -2.32. The molecule has 0 radical (unpaired) electrons. The number of nitrogens with one attached hydrogen (secondary N) is 1. The quantitative estimate of drug-likeness (QED) is 0.785. The van der Waals surface area contributed by atoms with Crippen LogP contribution >= 0.6 is 11.6 Å². The molecule has 1 fully saturated rings. The number of nitrogens with zero attached hydrogens (tertiary/aromatic N) is 4. The summed E-state index contributed by atoms with van der Waals surface area (Å²) in [5, 5.41) is 7.71. The van der Waals surface area contributed by atoms with E-state index < -0.39 is 0 Å². The second-order valence-corrected chi connectivity index (χ2v) is 7.20. The molecule has 1 saturated heterocycles. The van der Waals surface area contributed by atoms with E-state index in [2.05, 4.69) is 27.2 Å². The standard InChI is InChI=1S/C19H26ClN5O2/c1-3-25-18(22-13-23-25)12-24-8-4-5-14(11-24)10-21-19(26)15-6-7-17(27-2)16(20)9-15/h6-7,9,13-14H,3-5,8,10-12H2,1-2H3,(H,21,26). The van der Waals surface area contributed by atoms with Gasteiger partial charge in [-0.15, -0.1) is 0 Å². The van der Waals surface area contributed by atoms with Crippen molar-refractivity contribution in [2.24, 2.45) is 5.92 Å². The molecule has 1 aliphatic heterocycles. The van der Waals surface area contributed by atoms with E-state index in [1.807, 2.05) is 4.68 Å². The molecule has 1 aliphatic rings. The summed E-state index contributed by atoms with van der Waals surface area (Å²) in [7, 11) is 1.55. The second-order valence-electron chi connectivity index (χ2n) is 6.79. The Hall–Kier alpha value is -2.12. The largest absolute Gasteiger partial charge is 0.495 e. The Morgan fingerprint density at radius 1 is 1.44 bits per heavy atom. The van der Waals surface area contributed by atoms with Crippen LogP contribution in [0.15, 0.2) is 24.5 Å². The van der Waals surface area contributed by atoms with Crippen molar-refractivity contribution in [3.8, 4) is 5.75 Å². The Kier molecular flexibility index (Phi) is 6.68. The third-order valence-corrected chi connectivity index (χ3v) is 5.22. The molecule has 1 unspecified atom stereocenters. The summed E-state index contributed by atoms with van der Waals surface area (Å²) >= 11 is 6.11. The number of benzene rings is 1. The summed E-state index contributed by atoms with van der Waals surface area (Å²) in [4.78, 5) is 19.2. The van der Waals surface area contributed by atoms with Crippen molar-refractivity contribution < 1.29 is 9.53 Å². The maximum atomic E-state index is 12.4. The minimum absolute atomic E-state index is 0.109. The molecule has 1 amide bonds. The first kappa shape index (κ1) is 19.6. The number of carbonyl (C=O) groups excluding carboxylic acids is 1. The number of aromatic nitrogens is 3. The number of halogens is 1. The zero-order valence-corrected chi connectivity index (χ0v) is 16.6. The van der Waals surface area contributed by atoms with Gasteiger partial charge in [0.1, 0.15) is 17.9 Å². The van der Waals surface area contributed by atoms with Crippen molar-refractivity contribution in [3.63, 3.8) is 0 Å². The zero-order chi connectivity index (χ0) is 19.2. The number of hydrogen-bond donors (Lipinski definition) is 1. The lowest BCUT2D eigenvalue weighted by atomic mass is 9.98. The van der Waals surface area contributed by atoms with Gasteiger partial charge in [-0.3, -0.25) is 9.69 Å². The summed E-state index contributed by atoms with van der Waals surface area (Å²) in [5.74, 6) is 1.88. The first-order valence-electron chi connectivity index (χ1n) is 9.31. The molecule has 1 N–H and O–H groups in total. The van der Waals surface area contributed by atoms with Gasteiger partial charge in [0.15, 0.2) is 0 Å². The van der Waals surface area contributed by atoms with E-state index in [-0.39, 0.29) is 5.91 Å². The van der Waals surface area contributed by atoms with E-state index in [0.717, 1.165) is 44.8 Å². The number of rotatable bonds is 7. The van der Waals surface area contributed by atoms with Crippen LogP contribution in [0, 0.1) is 5.92 Å². The Morgan fingerprint density at radius 3 is 3.04 bits per heavy atom. The lowest BCUT2D eigenvalue weighted by molar-refractivity contribution is 0.0929. The highest BCUT2D eigenvalue weighted by atomic mass is 35.5. The summed E-state index contributed by atoms with van der Waals surface area (Å²) < 4.78 is 7.06. The Morgan fingerprint density at radius 2 is 2.30 bits per heavy atom. The highest BCUT2D eigenvalue weighted by Gasteiger charge is 2.22. The van der Waals surface area contributed by atoms with Gasteiger partial charge < -0.3 is 10.1 Å². The zero-order valence-electron chi connectivity index (χ0n) is 15.8. The molecule has 3 rings (SSSR count). The summed E-state index contributed by atoms with van der Waals surface area (Å²) in [6.45, 7) is 6.34. The molecule has 0 spiro atoms. The molecule has 0 bridgehead atoms. The van der Waals surface area contributed by atoms with Crippen LogP contribution in [0.1, 0.15) is 35.9 Å². The van der Waals surface area contributed by atoms with E-state index in [1.165, 1.54) is 0 Å². The minimum atomic E-state index is -0.109. The Balaban J connectivity index is 1.52. The Labute approximate surface area is 164 Å². The summed E-state index contributed by atoms with van der Waals surface area (Å²) in [6.07, 6.45) is 3.84. The van der Waals surface area contributed by atoms with Gasteiger partial charge in [-0.25, -0.2) is 9.67 Å². The first-order chi connectivity index (χ1) is 13.1. The molecule has 0 saturated carbocycles. The van der Waals surface area contributed by atoms with Gasteiger partial charge in [-0.05, 0) is 50.4 Å². The highest BCUT2D eigenvalue weighted by Crippen LogP contribution is 2.25. The normalized spacial score (nSPS) is 17.7. The molecule has 8 heteroatoms. The number of likely N-dealkylation sites (tertiary alicyclic amines) is 1. The number of ether oxygens (including phenoxy) is 1. The van der Waals surface area contributed by atoms with Gasteiger partial charge in [0.2, 0.25) is 0 Å². The fourth-order valence-electron chi connectivity index (χ4n) is 3.48. The van der Waals surface area contributed by atoms with E-state index in [4.69, 9.17) is 16.3 Å². The third-order valence-electron chi connectivity index (χ3n) is 4.93. The van der Waals surface area contributed by atoms with Crippen LogP contribution in [0.25, 0.3) is 0 Å². The molecule has 1 aromatic carbocycles. The number of aryl methyl sites for hydroxylation is 1. The van der Waals surface area contributed by atoms with Crippen LogP contribution in [0.2, 0.25) is 5.02 Å².